The minimum atomic E-state index is -0.418. The first-order valence-corrected chi connectivity index (χ1v) is 6.89. The molecule has 1 aromatic rings. The van der Waals surface area contributed by atoms with Crippen molar-refractivity contribution >= 4 is 11.9 Å². The molecule has 6 heteroatoms. The summed E-state index contributed by atoms with van der Waals surface area (Å²) in [6, 6.07) is 5.37. The van der Waals surface area contributed by atoms with Crippen molar-refractivity contribution in [2.75, 3.05) is 33.3 Å². The predicted molar refractivity (Wildman–Crippen MR) is 75.4 cm³/mol. The van der Waals surface area contributed by atoms with Gasteiger partial charge in [0.2, 0.25) is 0 Å². The van der Waals surface area contributed by atoms with E-state index in [1.54, 1.807) is 17.9 Å². The first-order valence-electron chi connectivity index (χ1n) is 6.89. The third kappa shape index (κ3) is 3.58. The molecule has 0 bridgehead atoms. The number of ether oxygens (including phenoxy) is 1. The van der Waals surface area contributed by atoms with Crippen LogP contribution >= 0.6 is 0 Å². The third-order valence-corrected chi connectivity index (χ3v) is 3.76. The zero-order chi connectivity index (χ0) is 15.4. The van der Waals surface area contributed by atoms with E-state index in [0.717, 1.165) is 0 Å². The summed E-state index contributed by atoms with van der Waals surface area (Å²) in [6.07, 6.45) is 0. The van der Waals surface area contributed by atoms with Crippen LogP contribution in [0.5, 0.6) is 0 Å². The number of hydrogen-bond acceptors (Lipinski definition) is 4. The fraction of sp³-hybridized carbons (Fsp3) is 0.467. The van der Waals surface area contributed by atoms with Crippen LogP contribution in [-0.4, -0.2) is 61.0 Å². The summed E-state index contributed by atoms with van der Waals surface area (Å²) in [4.78, 5) is 27.4. The van der Waals surface area contributed by atoms with Crippen LogP contribution in [0.15, 0.2) is 24.3 Å². The van der Waals surface area contributed by atoms with E-state index in [0.29, 0.717) is 31.7 Å². The number of carbonyl (C=O) groups is 2. The monoisotopic (exact) mass is 294 g/mol. The van der Waals surface area contributed by atoms with E-state index in [1.807, 2.05) is 4.90 Å². The van der Waals surface area contributed by atoms with Gasteiger partial charge in [-0.15, -0.1) is 0 Å². The Kier molecular flexibility index (Phi) is 4.90. The number of carbonyl (C=O) groups excluding carboxylic acids is 2. The van der Waals surface area contributed by atoms with E-state index < -0.39 is 5.82 Å². The van der Waals surface area contributed by atoms with Crippen molar-refractivity contribution in [3.8, 4) is 0 Å². The molecule has 0 aliphatic carbocycles. The molecule has 21 heavy (non-hydrogen) atoms. The van der Waals surface area contributed by atoms with Crippen molar-refractivity contribution < 1.29 is 18.7 Å². The van der Waals surface area contributed by atoms with E-state index in [-0.39, 0.29) is 17.9 Å². The number of rotatable bonds is 3. The van der Waals surface area contributed by atoms with Gasteiger partial charge in [0.25, 0.3) is 5.91 Å². The van der Waals surface area contributed by atoms with Crippen molar-refractivity contribution in [3.05, 3.63) is 35.6 Å². The van der Waals surface area contributed by atoms with Crippen LogP contribution in [0.1, 0.15) is 17.3 Å². The lowest BCUT2D eigenvalue weighted by molar-refractivity contribution is -0.146. The van der Waals surface area contributed by atoms with E-state index >= 15 is 0 Å². The van der Waals surface area contributed by atoms with Crippen molar-refractivity contribution in [2.45, 2.75) is 13.0 Å². The number of nitrogens with zero attached hydrogens (tertiary/aromatic N) is 2. The van der Waals surface area contributed by atoms with Gasteiger partial charge in [-0.3, -0.25) is 14.5 Å². The van der Waals surface area contributed by atoms with Crippen molar-refractivity contribution in [2.24, 2.45) is 0 Å². The van der Waals surface area contributed by atoms with Crippen LogP contribution in [-0.2, 0) is 9.53 Å². The van der Waals surface area contributed by atoms with Gasteiger partial charge in [0.15, 0.2) is 0 Å². The highest BCUT2D eigenvalue weighted by atomic mass is 19.1. The van der Waals surface area contributed by atoms with Gasteiger partial charge in [-0.05, 0) is 25.1 Å². The van der Waals surface area contributed by atoms with Crippen LogP contribution in [0, 0.1) is 5.82 Å². The topological polar surface area (TPSA) is 49.9 Å². The van der Waals surface area contributed by atoms with Crippen LogP contribution in [0.2, 0.25) is 0 Å². The highest BCUT2D eigenvalue weighted by molar-refractivity contribution is 5.94. The maximum atomic E-state index is 13.2. The van der Waals surface area contributed by atoms with E-state index in [4.69, 9.17) is 4.74 Å². The maximum Gasteiger partial charge on any atom is 0.322 e. The molecule has 0 aromatic heterocycles. The molecule has 1 fully saturated rings. The molecule has 0 unspecified atom stereocenters. The van der Waals surface area contributed by atoms with Gasteiger partial charge < -0.3 is 9.64 Å². The van der Waals surface area contributed by atoms with Gasteiger partial charge in [-0.2, -0.15) is 0 Å². The predicted octanol–water partition coefficient (Wildman–Crippen LogP) is 1.14. The zero-order valence-corrected chi connectivity index (χ0v) is 12.2. The fourth-order valence-electron chi connectivity index (χ4n) is 2.44. The van der Waals surface area contributed by atoms with Crippen LogP contribution < -0.4 is 0 Å². The SMILES string of the molecule is COC(=O)[C@@H](C)N1CCN(C(=O)c2cccc(F)c2)CC1. The van der Waals surface area contributed by atoms with Gasteiger partial charge in [0.1, 0.15) is 11.9 Å². The van der Waals surface area contributed by atoms with Gasteiger partial charge in [-0.25, -0.2) is 4.39 Å². The second-order valence-electron chi connectivity index (χ2n) is 5.04. The van der Waals surface area contributed by atoms with E-state index in [9.17, 15) is 14.0 Å². The Morgan fingerprint density at radius 3 is 2.48 bits per heavy atom. The smallest absolute Gasteiger partial charge is 0.322 e. The second-order valence-corrected chi connectivity index (χ2v) is 5.04. The fourth-order valence-corrected chi connectivity index (χ4v) is 2.44. The normalized spacial score (nSPS) is 17.4. The highest BCUT2D eigenvalue weighted by Crippen LogP contribution is 2.12. The molecule has 1 atom stereocenters. The third-order valence-electron chi connectivity index (χ3n) is 3.76. The molecule has 0 N–H and O–H groups in total. The summed E-state index contributed by atoms with van der Waals surface area (Å²) >= 11 is 0. The summed E-state index contributed by atoms with van der Waals surface area (Å²) in [5.41, 5.74) is 0.351. The summed E-state index contributed by atoms with van der Waals surface area (Å²) in [5, 5.41) is 0. The molecule has 5 nitrogen and oxygen atoms in total. The van der Waals surface area contributed by atoms with Crippen LogP contribution in [0.4, 0.5) is 4.39 Å². The molecule has 0 saturated carbocycles. The molecule has 1 aromatic carbocycles. The first kappa shape index (κ1) is 15.4. The largest absolute Gasteiger partial charge is 0.468 e. The van der Waals surface area contributed by atoms with Crippen LogP contribution in [0.25, 0.3) is 0 Å². The molecule has 1 aliphatic rings. The molecule has 0 radical (unpaired) electrons. The lowest BCUT2D eigenvalue weighted by atomic mass is 10.1. The average molecular weight is 294 g/mol. The molecule has 1 aliphatic heterocycles. The van der Waals surface area contributed by atoms with Crippen LogP contribution in [0.3, 0.4) is 0 Å². The molecular weight excluding hydrogens is 275 g/mol. The van der Waals surface area contributed by atoms with Crippen molar-refractivity contribution in [1.82, 2.24) is 9.80 Å². The molecule has 0 spiro atoms. The molecular formula is C15H19FN2O3. The summed E-state index contributed by atoms with van der Waals surface area (Å²) in [5.74, 6) is -0.876. The van der Waals surface area contributed by atoms with Gasteiger partial charge in [-0.1, -0.05) is 6.07 Å². The van der Waals surface area contributed by atoms with Gasteiger partial charge in [0.05, 0.1) is 7.11 Å². The number of benzene rings is 1. The molecule has 1 amide bonds. The summed E-state index contributed by atoms with van der Waals surface area (Å²) < 4.78 is 17.9. The Hall–Kier alpha value is -1.95. The Balaban J connectivity index is 1.95. The number of methoxy groups -OCH3 is 1. The first-order chi connectivity index (χ1) is 10.0. The van der Waals surface area contributed by atoms with E-state index in [1.165, 1.54) is 25.3 Å². The Morgan fingerprint density at radius 2 is 1.90 bits per heavy atom. The number of amides is 1. The van der Waals surface area contributed by atoms with Crippen molar-refractivity contribution in [3.63, 3.8) is 0 Å². The van der Waals surface area contributed by atoms with E-state index in [2.05, 4.69) is 0 Å². The summed E-state index contributed by atoms with van der Waals surface area (Å²) in [7, 11) is 1.36. The number of hydrogen-bond donors (Lipinski definition) is 0. The number of halogens is 1. The quantitative estimate of drug-likeness (QED) is 0.785. The highest BCUT2D eigenvalue weighted by Gasteiger charge is 2.28. The molecule has 1 saturated heterocycles. The standard InChI is InChI=1S/C15H19FN2O3/c1-11(15(20)21-2)17-6-8-18(9-7-17)14(19)12-4-3-5-13(16)10-12/h3-5,10-11H,6-9H2,1-2H3/t11-/m1/s1. The lowest BCUT2D eigenvalue weighted by Gasteiger charge is -2.37. The molecule has 2 rings (SSSR count). The Morgan fingerprint density at radius 1 is 1.24 bits per heavy atom. The average Bonchev–Trinajstić information content (AvgIpc) is 2.53. The molecule has 114 valence electrons. The lowest BCUT2D eigenvalue weighted by Crippen LogP contribution is -2.53. The number of piperazine rings is 1. The minimum Gasteiger partial charge on any atom is -0.468 e. The Labute approximate surface area is 123 Å². The van der Waals surface area contributed by atoms with Crippen molar-refractivity contribution in [1.29, 1.82) is 0 Å². The second kappa shape index (κ2) is 6.67. The zero-order valence-electron chi connectivity index (χ0n) is 12.2. The minimum absolute atomic E-state index is 0.181. The maximum absolute atomic E-state index is 13.2. The van der Waals surface area contributed by atoms with Gasteiger partial charge in [0, 0.05) is 31.7 Å². The molecule has 1 heterocycles. The summed E-state index contributed by atoms with van der Waals surface area (Å²) in [6.45, 7) is 4.00. The van der Waals surface area contributed by atoms with Gasteiger partial charge >= 0.3 is 5.97 Å². The Bertz CT molecular complexity index is 527. The number of esters is 1.